The van der Waals surface area contributed by atoms with Gasteiger partial charge in [0.1, 0.15) is 6.26 Å². The van der Waals surface area contributed by atoms with Crippen LogP contribution in [0.15, 0.2) is 23.1 Å². The minimum absolute atomic E-state index is 0.160. The Kier molecular flexibility index (Phi) is 3.49. The molecule has 3 nitrogen and oxygen atoms in total. The number of rotatable bonds is 2. The number of alkyl halides is 3. The fourth-order valence-corrected chi connectivity index (χ4v) is 1.64. The van der Waals surface area contributed by atoms with E-state index in [0.717, 1.165) is 6.07 Å². The van der Waals surface area contributed by atoms with Gasteiger partial charge in [0.05, 0.1) is 11.1 Å². The number of carboxylic acid groups (broad SMARTS) is 1. The maximum absolute atomic E-state index is 12.4. The van der Waals surface area contributed by atoms with Crippen molar-refractivity contribution in [3.63, 3.8) is 0 Å². The second kappa shape index (κ2) is 4.34. The second-order valence-corrected chi connectivity index (χ2v) is 4.38. The number of halogens is 3. The molecule has 1 N–H and O–H groups in total. The highest BCUT2D eigenvalue weighted by molar-refractivity contribution is 7.90. The third-order valence-electron chi connectivity index (χ3n) is 1.81. The van der Waals surface area contributed by atoms with E-state index in [1.54, 1.807) is 0 Å². The molecular formula is C9H7F3O3S. The summed E-state index contributed by atoms with van der Waals surface area (Å²) in [6.07, 6.45) is -3.47. The van der Waals surface area contributed by atoms with Gasteiger partial charge in [-0.25, -0.2) is 4.79 Å². The molecule has 0 saturated carbocycles. The zero-order valence-corrected chi connectivity index (χ0v) is 8.85. The SMILES string of the molecule is C[S+]([O-])c1cc(C(=O)O)cc(C(F)(F)F)c1. The van der Waals surface area contributed by atoms with Gasteiger partial charge in [-0.05, 0) is 17.2 Å². The van der Waals surface area contributed by atoms with Crippen molar-refractivity contribution in [3.8, 4) is 0 Å². The van der Waals surface area contributed by atoms with E-state index in [-0.39, 0.29) is 4.90 Å². The quantitative estimate of drug-likeness (QED) is 0.820. The molecular weight excluding hydrogens is 245 g/mol. The van der Waals surface area contributed by atoms with Crippen molar-refractivity contribution in [2.45, 2.75) is 11.1 Å². The van der Waals surface area contributed by atoms with Crippen LogP contribution in [-0.2, 0) is 17.4 Å². The second-order valence-electron chi connectivity index (χ2n) is 3.00. The number of carbonyl (C=O) groups is 1. The largest absolute Gasteiger partial charge is 0.612 e. The van der Waals surface area contributed by atoms with Crippen molar-refractivity contribution in [2.75, 3.05) is 6.26 Å². The van der Waals surface area contributed by atoms with Crippen LogP contribution in [0.25, 0.3) is 0 Å². The van der Waals surface area contributed by atoms with E-state index in [9.17, 15) is 22.5 Å². The van der Waals surface area contributed by atoms with Gasteiger partial charge in [0, 0.05) is 12.1 Å². The van der Waals surface area contributed by atoms with E-state index in [2.05, 4.69) is 0 Å². The molecule has 0 radical (unpaired) electrons. The van der Waals surface area contributed by atoms with Crippen LogP contribution in [0.3, 0.4) is 0 Å². The number of hydrogen-bond donors (Lipinski definition) is 1. The lowest BCUT2D eigenvalue weighted by molar-refractivity contribution is -0.137. The van der Waals surface area contributed by atoms with Crippen LogP contribution < -0.4 is 0 Å². The molecule has 1 aromatic carbocycles. The fourth-order valence-electron chi connectivity index (χ4n) is 1.05. The molecule has 16 heavy (non-hydrogen) atoms. The lowest BCUT2D eigenvalue weighted by Crippen LogP contribution is -2.10. The van der Waals surface area contributed by atoms with Crippen LogP contribution in [0.4, 0.5) is 13.2 Å². The Bertz CT molecular complexity index is 415. The Hall–Kier alpha value is -1.21. The van der Waals surface area contributed by atoms with Gasteiger partial charge in [0.25, 0.3) is 0 Å². The highest BCUT2D eigenvalue weighted by Gasteiger charge is 2.32. The van der Waals surface area contributed by atoms with Crippen molar-refractivity contribution in [2.24, 2.45) is 0 Å². The predicted molar refractivity (Wildman–Crippen MR) is 50.7 cm³/mol. The predicted octanol–water partition coefficient (Wildman–Crippen LogP) is 2.14. The molecule has 1 rings (SSSR count). The summed E-state index contributed by atoms with van der Waals surface area (Å²) < 4.78 is 48.2. The number of hydrogen-bond acceptors (Lipinski definition) is 2. The van der Waals surface area contributed by atoms with Gasteiger partial charge in [-0.1, -0.05) is 0 Å². The van der Waals surface area contributed by atoms with Crippen LogP contribution in [0.1, 0.15) is 15.9 Å². The minimum Gasteiger partial charge on any atom is -0.612 e. The highest BCUT2D eigenvalue weighted by atomic mass is 32.2. The number of aromatic carboxylic acids is 1. The minimum atomic E-state index is -4.65. The van der Waals surface area contributed by atoms with Crippen LogP contribution in [-0.4, -0.2) is 21.9 Å². The maximum Gasteiger partial charge on any atom is 0.416 e. The number of carboxylic acids is 1. The molecule has 0 aliphatic carbocycles. The molecule has 0 fully saturated rings. The average Bonchev–Trinajstić information content (AvgIpc) is 2.15. The van der Waals surface area contributed by atoms with E-state index in [0.29, 0.717) is 12.1 Å². The Morgan fingerprint density at radius 2 is 1.94 bits per heavy atom. The lowest BCUT2D eigenvalue weighted by Gasteiger charge is -2.10. The molecule has 0 saturated heterocycles. The summed E-state index contributed by atoms with van der Waals surface area (Å²) in [5, 5.41) is 8.61. The van der Waals surface area contributed by atoms with Crippen molar-refractivity contribution in [3.05, 3.63) is 29.3 Å². The molecule has 0 aromatic heterocycles. The van der Waals surface area contributed by atoms with Crippen molar-refractivity contribution in [1.29, 1.82) is 0 Å². The molecule has 7 heteroatoms. The van der Waals surface area contributed by atoms with E-state index in [1.165, 1.54) is 6.26 Å². The van der Waals surface area contributed by atoms with Gasteiger partial charge in [0.15, 0.2) is 4.90 Å². The van der Waals surface area contributed by atoms with E-state index in [1.807, 2.05) is 0 Å². The lowest BCUT2D eigenvalue weighted by atomic mass is 10.1. The summed E-state index contributed by atoms with van der Waals surface area (Å²) in [6.45, 7) is 0. The van der Waals surface area contributed by atoms with Crippen LogP contribution in [0.5, 0.6) is 0 Å². The first-order valence-electron chi connectivity index (χ1n) is 4.01. The molecule has 1 aromatic rings. The standard InChI is InChI=1S/C9H7F3O3S/c1-16(15)7-3-5(8(13)14)2-6(4-7)9(10,11)12/h2-4H,1H3,(H,13,14). The summed E-state index contributed by atoms with van der Waals surface area (Å²) in [5.74, 6) is -1.49. The summed E-state index contributed by atoms with van der Waals surface area (Å²) in [7, 11) is 0. The van der Waals surface area contributed by atoms with Crippen molar-refractivity contribution < 1.29 is 27.6 Å². The summed E-state index contributed by atoms with van der Waals surface area (Å²) in [5.41, 5.74) is -1.64. The first-order valence-corrected chi connectivity index (χ1v) is 5.56. The van der Waals surface area contributed by atoms with Gasteiger partial charge in [-0.15, -0.1) is 0 Å². The van der Waals surface area contributed by atoms with Crippen molar-refractivity contribution in [1.82, 2.24) is 0 Å². The van der Waals surface area contributed by atoms with Crippen LogP contribution >= 0.6 is 0 Å². The van der Waals surface area contributed by atoms with Crippen LogP contribution in [0.2, 0.25) is 0 Å². The van der Waals surface area contributed by atoms with Gasteiger partial charge in [0.2, 0.25) is 0 Å². The molecule has 0 spiro atoms. The molecule has 1 atom stereocenters. The Labute approximate surface area is 92.1 Å². The number of benzene rings is 1. The maximum atomic E-state index is 12.4. The third kappa shape index (κ3) is 2.89. The third-order valence-corrected chi connectivity index (χ3v) is 2.71. The zero-order valence-electron chi connectivity index (χ0n) is 8.04. The van der Waals surface area contributed by atoms with E-state index in [4.69, 9.17) is 5.11 Å². The first-order chi connectivity index (χ1) is 7.21. The van der Waals surface area contributed by atoms with Crippen molar-refractivity contribution >= 4 is 17.1 Å². The van der Waals surface area contributed by atoms with Gasteiger partial charge >= 0.3 is 12.1 Å². The molecule has 0 aliphatic heterocycles. The monoisotopic (exact) mass is 252 g/mol. The molecule has 0 bridgehead atoms. The average molecular weight is 252 g/mol. The molecule has 0 amide bonds. The summed E-state index contributed by atoms with van der Waals surface area (Å²) in [6, 6.07) is 2.16. The molecule has 1 unspecified atom stereocenters. The Balaban J connectivity index is 3.36. The normalized spacial score (nSPS) is 13.6. The molecule has 88 valence electrons. The summed E-state index contributed by atoms with van der Waals surface area (Å²) in [4.78, 5) is 10.4. The highest BCUT2D eigenvalue weighted by Crippen LogP contribution is 2.31. The van der Waals surface area contributed by atoms with Gasteiger partial charge < -0.3 is 9.66 Å². The topological polar surface area (TPSA) is 60.4 Å². The molecule has 0 aliphatic rings. The van der Waals surface area contributed by atoms with E-state index < -0.39 is 34.4 Å². The van der Waals surface area contributed by atoms with Gasteiger partial charge in [-0.2, -0.15) is 13.2 Å². The Morgan fingerprint density at radius 3 is 2.31 bits per heavy atom. The Morgan fingerprint density at radius 1 is 1.38 bits per heavy atom. The summed E-state index contributed by atoms with van der Waals surface area (Å²) >= 11 is -1.66. The van der Waals surface area contributed by atoms with E-state index >= 15 is 0 Å². The fraction of sp³-hybridized carbons (Fsp3) is 0.222. The van der Waals surface area contributed by atoms with Gasteiger partial charge in [-0.3, -0.25) is 0 Å². The molecule has 0 heterocycles. The first kappa shape index (κ1) is 12.9. The zero-order chi connectivity index (χ0) is 12.5. The smallest absolute Gasteiger partial charge is 0.416 e. The van der Waals surface area contributed by atoms with Crippen LogP contribution in [0, 0.1) is 0 Å².